The Morgan fingerprint density at radius 3 is 2.50 bits per heavy atom. The third kappa shape index (κ3) is 6.05. The topological polar surface area (TPSA) is 15.3 Å². The molecule has 0 saturated carbocycles. The van der Waals surface area contributed by atoms with Crippen molar-refractivity contribution in [3.63, 3.8) is 0 Å². The van der Waals surface area contributed by atoms with Crippen molar-refractivity contribution in [3.05, 3.63) is 0 Å². The van der Waals surface area contributed by atoms with Gasteiger partial charge in [0.15, 0.2) is 0 Å². The summed E-state index contributed by atoms with van der Waals surface area (Å²) >= 11 is 0. The zero-order valence-corrected chi connectivity index (χ0v) is 7.48. The van der Waals surface area contributed by atoms with E-state index in [1.165, 1.54) is 25.9 Å². The molecular formula is C8H20N2. The fourth-order valence-corrected chi connectivity index (χ4v) is 0.842. The van der Waals surface area contributed by atoms with Gasteiger partial charge < -0.3 is 10.2 Å². The Morgan fingerprint density at radius 1 is 1.30 bits per heavy atom. The highest BCUT2D eigenvalue weighted by molar-refractivity contribution is 4.49. The largest absolute Gasteiger partial charge is 0.320 e. The average molecular weight is 144 g/mol. The van der Waals surface area contributed by atoms with E-state index < -0.39 is 0 Å². The molecule has 1 N–H and O–H groups in total. The molecule has 0 heterocycles. The number of nitrogens with zero attached hydrogens (tertiary/aromatic N) is 1. The van der Waals surface area contributed by atoms with E-state index in [1.807, 2.05) is 7.05 Å². The average Bonchev–Trinajstić information content (AvgIpc) is 1.98. The van der Waals surface area contributed by atoms with Crippen molar-refractivity contribution in [1.29, 1.82) is 0 Å². The van der Waals surface area contributed by atoms with Gasteiger partial charge in [-0.2, -0.15) is 0 Å². The molecule has 2 heteroatoms. The highest BCUT2D eigenvalue weighted by Gasteiger charge is 1.92. The van der Waals surface area contributed by atoms with Gasteiger partial charge in [-0.15, -0.1) is 0 Å². The van der Waals surface area contributed by atoms with Crippen LogP contribution in [0.3, 0.4) is 0 Å². The maximum absolute atomic E-state index is 3.14. The summed E-state index contributed by atoms with van der Waals surface area (Å²) in [5.74, 6) is 0. The number of rotatable bonds is 6. The van der Waals surface area contributed by atoms with E-state index in [1.54, 1.807) is 0 Å². The van der Waals surface area contributed by atoms with Crippen LogP contribution in [-0.4, -0.2) is 38.6 Å². The first-order valence-corrected chi connectivity index (χ1v) is 4.14. The summed E-state index contributed by atoms with van der Waals surface area (Å²) in [5, 5.41) is 3.14. The molecule has 0 saturated heterocycles. The maximum atomic E-state index is 3.14. The predicted molar refractivity (Wildman–Crippen MR) is 46.3 cm³/mol. The van der Waals surface area contributed by atoms with E-state index in [-0.39, 0.29) is 0 Å². The summed E-state index contributed by atoms with van der Waals surface area (Å²) in [5.41, 5.74) is 0. The molecule has 0 aromatic heterocycles. The lowest BCUT2D eigenvalue weighted by atomic mass is 10.3. The van der Waals surface area contributed by atoms with Crippen molar-refractivity contribution < 1.29 is 0 Å². The third-order valence-electron chi connectivity index (χ3n) is 1.76. The molecule has 0 aliphatic rings. The summed E-state index contributed by atoms with van der Waals surface area (Å²) in [6, 6.07) is 0. The molecule has 0 aliphatic carbocycles. The van der Waals surface area contributed by atoms with Crippen LogP contribution in [0.2, 0.25) is 0 Å². The normalized spacial score (nSPS) is 10.8. The van der Waals surface area contributed by atoms with Crippen molar-refractivity contribution in [3.8, 4) is 0 Å². The van der Waals surface area contributed by atoms with Crippen LogP contribution >= 0.6 is 0 Å². The molecule has 0 spiro atoms. The highest BCUT2D eigenvalue weighted by atomic mass is 15.1. The fourth-order valence-electron chi connectivity index (χ4n) is 0.842. The molecule has 0 fully saturated rings. The minimum atomic E-state index is 1.15. The van der Waals surface area contributed by atoms with Gasteiger partial charge in [-0.1, -0.05) is 6.92 Å². The molecule has 0 aromatic carbocycles. The number of nitrogens with one attached hydrogen (secondary N) is 1. The second kappa shape index (κ2) is 7.03. The van der Waals surface area contributed by atoms with Gasteiger partial charge in [0.05, 0.1) is 0 Å². The van der Waals surface area contributed by atoms with Gasteiger partial charge in [-0.25, -0.2) is 0 Å². The van der Waals surface area contributed by atoms with Gasteiger partial charge in [-0.3, -0.25) is 0 Å². The minimum Gasteiger partial charge on any atom is -0.320 e. The second-order valence-corrected chi connectivity index (χ2v) is 2.71. The fraction of sp³-hybridized carbons (Fsp3) is 1.00. The zero-order valence-electron chi connectivity index (χ0n) is 7.48. The molecule has 0 unspecified atom stereocenters. The first-order chi connectivity index (χ1) is 4.81. The van der Waals surface area contributed by atoms with Gasteiger partial charge in [0.2, 0.25) is 0 Å². The Labute approximate surface area is 64.6 Å². The van der Waals surface area contributed by atoms with Crippen molar-refractivity contribution >= 4 is 0 Å². The number of hydrogen-bond donors (Lipinski definition) is 1. The van der Waals surface area contributed by atoms with Gasteiger partial charge in [0, 0.05) is 0 Å². The van der Waals surface area contributed by atoms with Crippen LogP contribution in [0.4, 0.5) is 0 Å². The molecule has 0 amide bonds. The molecule has 0 aliphatic heterocycles. The summed E-state index contributed by atoms with van der Waals surface area (Å²) in [7, 11) is 4.17. The standard InChI is InChI=1S/C8H20N2/c1-4-10(3)8-6-5-7-9-2/h9H,4-8H2,1-3H3. The monoisotopic (exact) mass is 144 g/mol. The van der Waals surface area contributed by atoms with Crippen molar-refractivity contribution in [2.75, 3.05) is 33.7 Å². The van der Waals surface area contributed by atoms with E-state index >= 15 is 0 Å². The van der Waals surface area contributed by atoms with Gasteiger partial charge in [-0.05, 0) is 46.6 Å². The Bertz CT molecular complexity index is 64.3. The van der Waals surface area contributed by atoms with Crippen LogP contribution in [0.25, 0.3) is 0 Å². The van der Waals surface area contributed by atoms with E-state index in [4.69, 9.17) is 0 Å². The SMILES string of the molecule is CCN(C)CCCCNC. The van der Waals surface area contributed by atoms with Crippen LogP contribution in [0, 0.1) is 0 Å². The van der Waals surface area contributed by atoms with Gasteiger partial charge >= 0.3 is 0 Å². The molecule has 10 heavy (non-hydrogen) atoms. The van der Waals surface area contributed by atoms with Crippen molar-refractivity contribution in [2.24, 2.45) is 0 Å². The molecule has 0 radical (unpaired) electrons. The summed E-state index contributed by atoms with van der Waals surface area (Å²) < 4.78 is 0. The molecule has 0 bridgehead atoms. The van der Waals surface area contributed by atoms with Crippen LogP contribution in [0.1, 0.15) is 19.8 Å². The molecule has 0 aromatic rings. The quantitative estimate of drug-likeness (QED) is 0.558. The predicted octanol–water partition coefficient (Wildman–Crippen LogP) is 0.938. The van der Waals surface area contributed by atoms with E-state index in [9.17, 15) is 0 Å². The second-order valence-electron chi connectivity index (χ2n) is 2.71. The molecule has 2 nitrogen and oxygen atoms in total. The Balaban J connectivity index is 2.89. The Morgan fingerprint density at radius 2 is 2.00 bits per heavy atom. The summed E-state index contributed by atoms with van der Waals surface area (Å²) in [6.07, 6.45) is 2.60. The Hall–Kier alpha value is -0.0800. The van der Waals surface area contributed by atoms with Crippen molar-refractivity contribution in [1.82, 2.24) is 10.2 Å². The smallest absolute Gasteiger partial charge is 0.00214 e. The summed E-state index contributed by atoms with van der Waals surface area (Å²) in [4.78, 5) is 2.34. The Kier molecular flexibility index (Phi) is 6.98. The van der Waals surface area contributed by atoms with Crippen LogP contribution in [0.15, 0.2) is 0 Å². The van der Waals surface area contributed by atoms with Crippen LogP contribution < -0.4 is 5.32 Å². The van der Waals surface area contributed by atoms with Crippen LogP contribution in [0.5, 0.6) is 0 Å². The summed E-state index contributed by atoms with van der Waals surface area (Å²) in [6.45, 7) is 5.74. The lowest BCUT2D eigenvalue weighted by Gasteiger charge is -2.12. The van der Waals surface area contributed by atoms with Gasteiger partial charge in [0.1, 0.15) is 0 Å². The highest BCUT2D eigenvalue weighted by Crippen LogP contribution is 1.90. The van der Waals surface area contributed by atoms with Gasteiger partial charge in [0.25, 0.3) is 0 Å². The lowest BCUT2D eigenvalue weighted by molar-refractivity contribution is 0.343. The molecular weight excluding hydrogens is 124 g/mol. The third-order valence-corrected chi connectivity index (χ3v) is 1.76. The maximum Gasteiger partial charge on any atom is -0.00214 e. The number of hydrogen-bond acceptors (Lipinski definition) is 2. The van der Waals surface area contributed by atoms with E-state index in [0.717, 1.165) is 6.54 Å². The molecule has 0 rings (SSSR count). The minimum absolute atomic E-state index is 1.15. The first-order valence-electron chi connectivity index (χ1n) is 4.14. The number of unbranched alkanes of at least 4 members (excludes halogenated alkanes) is 1. The zero-order chi connectivity index (χ0) is 7.82. The molecule has 62 valence electrons. The lowest BCUT2D eigenvalue weighted by Crippen LogP contribution is -2.19. The first kappa shape index (κ1) is 9.92. The van der Waals surface area contributed by atoms with Crippen LogP contribution in [-0.2, 0) is 0 Å². The van der Waals surface area contributed by atoms with E-state index in [2.05, 4.69) is 24.2 Å². The van der Waals surface area contributed by atoms with Crippen molar-refractivity contribution in [2.45, 2.75) is 19.8 Å². The molecule has 0 atom stereocenters. The van der Waals surface area contributed by atoms with E-state index in [0.29, 0.717) is 0 Å².